The van der Waals surface area contributed by atoms with Gasteiger partial charge in [-0.1, -0.05) is 96.2 Å². The summed E-state index contributed by atoms with van der Waals surface area (Å²) in [5, 5.41) is 9.44. The Labute approximate surface area is 289 Å². The molecule has 0 amide bonds. The second-order valence-corrected chi connectivity index (χ2v) is 7.86. The molecule has 0 spiro atoms. The first kappa shape index (κ1) is 57.7. The number of nitrogens with zero attached hydrogens (tertiary/aromatic N) is 7. The molecule has 0 N–H and O–H groups in total. The summed E-state index contributed by atoms with van der Waals surface area (Å²) in [6.45, 7) is 29.8. The van der Waals surface area contributed by atoms with E-state index in [0.29, 0.717) is 0 Å². The van der Waals surface area contributed by atoms with Crippen LogP contribution in [0.25, 0.3) is 0 Å². The zero-order chi connectivity index (χ0) is 34.9. The molecule has 0 radical (unpaired) electrons. The Morgan fingerprint density at radius 1 is 0.457 bits per heavy atom. The SMILES string of the molecule is C.C.CC.CC.CC.CC.CC.Cc1ccccn1.Cc1cccnn1.Cc1cccs1.Cc1ccncn1.Cc1ncccn1. The summed E-state index contributed by atoms with van der Waals surface area (Å²) in [4.78, 5) is 20.7. The molecule has 0 saturated carbocycles. The van der Waals surface area contributed by atoms with Crippen LogP contribution in [0.15, 0.2) is 97.3 Å². The lowest BCUT2D eigenvalue weighted by atomic mass is 10.4. The van der Waals surface area contributed by atoms with Crippen LogP contribution in [0, 0.1) is 34.6 Å². The molecule has 0 aliphatic heterocycles. The Hall–Kier alpha value is -3.91. The first-order valence-corrected chi connectivity index (χ1v) is 16.4. The molecule has 0 fully saturated rings. The molecule has 7 nitrogen and oxygen atoms in total. The van der Waals surface area contributed by atoms with Gasteiger partial charge >= 0.3 is 0 Å². The quantitative estimate of drug-likeness (QED) is 0.164. The van der Waals surface area contributed by atoms with E-state index in [2.05, 4.69) is 59.6 Å². The normalized spacial score (nSPS) is 7.11. The molecule has 0 unspecified atom stereocenters. The van der Waals surface area contributed by atoms with Gasteiger partial charge in [-0.3, -0.25) is 4.98 Å². The van der Waals surface area contributed by atoms with Crippen LogP contribution < -0.4 is 0 Å². The Balaban J connectivity index is -0.0000000766. The monoisotopic (exact) mass is 656 g/mol. The highest BCUT2D eigenvalue weighted by molar-refractivity contribution is 7.09. The van der Waals surface area contributed by atoms with E-state index in [1.165, 1.54) is 11.2 Å². The third-order valence-corrected chi connectivity index (χ3v) is 4.41. The van der Waals surface area contributed by atoms with Gasteiger partial charge in [0.2, 0.25) is 0 Å². The van der Waals surface area contributed by atoms with Crippen molar-refractivity contribution >= 4 is 11.3 Å². The van der Waals surface area contributed by atoms with Crippen molar-refractivity contribution in [3.8, 4) is 0 Å². The maximum Gasteiger partial charge on any atom is 0.125 e. The summed E-state index contributed by atoms with van der Waals surface area (Å²) in [5.74, 6) is 0.822. The van der Waals surface area contributed by atoms with Crippen LogP contribution in [0.5, 0.6) is 0 Å². The Kier molecular flexibility index (Phi) is 67.3. The summed E-state index contributed by atoms with van der Waals surface area (Å²) in [6, 6.07) is 17.4. The average Bonchev–Trinajstić information content (AvgIpc) is 3.59. The van der Waals surface area contributed by atoms with E-state index in [4.69, 9.17) is 0 Å². The van der Waals surface area contributed by atoms with E-state index in [-0.39, 0.29) is 14.9 Å². The van der Waals surface area contributed by atoms with Gasteiger partial charge in [-0.05, 0) is 82.5 Å². The lowest BCUT2D eigenvalue weighted by Gasteiger charge is -1.82. The highest BCUT2D eigenvalue weighted by atomic mass is 32.1. The molecular weight excluding hydrogens is 587 g/mol. The minimum atomic E-state index is 0. The highest BCUT2D eigenvalue weighted by Gasteiger charge is 1.77. The van der Waals surface area contributed by atoms with Crippen LogP contribution in [-0.2, 0) is 0 Å². The number of aromatic nitrogens is 7. The zero-order valence-corrected chi connectivity index (χ0v) is 31.1. The van der Waals surface area contributed by atoms with Gasteiger partial charge in [0, 0.05) is 47.2 Å². The Morgan fingerprint density at radius 2 is 0.978 bits per heavy atom. The first-order chi connectivity index (χ1) is 21.5. The van der Waals surface area contributed by atoms with E-state index in [1.807, 2.05) is 133 Å². The minimum Gasteiger partial charge on any atom is -0.262 e. The first-order valence-electron chi connectivity index (χ1n) is 15.6. The summed E-state index contributed by atoms with van der Waals surface area (Å²) < 4.78 is 0. The van der Waals surface area contributed by atoms with Crippen LogP contribution in [0.4, 0.5) is 0 Å². The number of pyridine rings is 1. The summed E-state index contributed by atoms with van der Waals surface area (Å²) in [7, 11) is 0. The van der Waals surface area contributed by atoms with Crippen molar-refractivity contribution in [2.45, 2.75) is 119 Å². The largest absolute Gasteiger partial charge is 0.262 e. The van der Waals surface area contributed by atoms with Crippen molar-refractivity contribution in [2.24, 2.45) is 0 Å². The lowest BCUT2D eigenvalue weighted by Crippen LogP contribution is -1.80. The van der Waals surface area contributed by atoms with Gasteiger partial charge in [-0.2, -0.15) is 10.2 Å². The van der Waals surface area contributed by atoms with Crippen LogP contribution in [0.3, 0.4) is 0 Å². The second-order valence-electron chi connectivity index (χ2n) is 6.71. The van der Waals surface area contributed by atoms with E-state index in [0.717, 1.165) is 22.9 Å². The number of hydrogen-bond acceptors (Lipinski definition) is 8. The molecule has 46 heavy (non-hydrogen) atoms. The Morgan fingerprint density at radius 3 is 1.17 bits per heavy atom. The smallest absolute Gasteiger partial charge is 0.125 e. The van der Waals surface area contributed by atoms with E-state index >= 15 is 0 Å². The fourth-order valence-corrected chi connectivity index (χ4v) is 2.45. The lowest BCUT2D eigenvalue weighted by molar-refractivity contribution is 0.980. The number of hydrogen-bond donors (Lipinski definition) is 0. The molecule has 8 heteroatoms. The highest BCUT2D eigenvalue weighted by Crippen LogP contribution is 2.03. The molecule has 0 aromatic carbocycles. The molecule has 0 aliphatic carbocycles. The topological polar surface area (TPSA) is 90.2 Å². The third-order valence-electron chi connectivity index (χ3n) is 3.61. The van der Waals surface area contributed by atoms with Gasteiger partial charge in [-0.15, -0.1) is 11.3 Å². The van der Waals surface area contributed by atoms with Crippen LogP contribution in [0.1, 0.15) is 112 Å². The molecule has 262 valence electrons. The fourth-order valence-electron chi connectivity index (χ4n) is 1.92. The number of aryl methyl sites for hydroxylation is 5. The van der Waals surface area contributed by atoms with Crippen molar-refractivity contribution in [3.05, 3.63) is 125 Å². The molecule has 0 aliphatic rings. The van der Waals surface area contributed by atoms with Gasteiger partial charge < -0.3 is 0 Å². The maximum absolute atomic E-state index is 3.98. The van der Waals surface area contributed by atoms with Crippen LogP contribution in [0.2, 0.25) is 0 Å². The van der Waals surface area contributed by atoms with Crippen molar-refractivity contribution in [1.29, 1.82) is 0 Å². The van der Waals surface area contributed by atoms with Gasteiger partial charge in [0.15, 0.2) is 0 Å². The standard InChI is InChI=1S/C6H7N.3C5H6N2.C5H6S.5C2H6.2CH4/c1-6-4-2-3-5-7-6;1-5-2-3-6-4-7-5;1-5-6-3-2-4-7-5;1-5-3-2-4-6-7-5;1-5-3-2-4-6-5;5*1-2;;/h2-5H,1H3;3*2-4H,1H3;2-4H,1H3;5*1-2H3;2*1H4. The molecule has 0 atom stereocenters. The molecule has 0 bridgehead atoms. The minimum absolute atomic E-state index is 0. The van der Waals surface area contributed by atoms with Gasteiger partial charge in [-0.25, -0.2) is 19.9 Å². The summed E-state index contributed by atoms with van der Waals surface area (Å²) >= 11 is 1.78. The molecule has 5 rings (SSSR count). The summed E-state index contributed by atoms with van der Waals surface area (Å²) in [5.41, 5.74) is 3.04. The molecule has 5 heterocycles. The molecule has 0 saturated heterocycles. The van der Waals surface area contributed by atoms with E-state index in [9.17, 15) is 0 Å². The van der Waals surface area contributed by atoms with Gasteiger partial charge in [0.05, 0.1) is 5.69 Å². The Bertz CT molecular complexity index is 931. The van der Waals surface area contributed by atoms with Crippen molar-refractivity contribution < 1.29 is 0 Å². The fraction of sp³-hybridized carbons (Fsp3) is 0.447. The number of rotatable bonds is 0. The van der Waals surface area contributed by atoms with E-state index in [1.54, 1.807) is 48.4 Å². The second kappa shape index (κ2) is 53.6. The average molecular weight is 656 g/mol. The van der Waals surface area contributed by atoms with Gasteiger partial charge in [0.25, 0.3) is 0 Å². The van der Waals surface area contributed by atoms with Crippen LogP contribution in [-0.4, -0.2) is 35.1 Å². The van der Waals surface area contributed by atoms with Crippen molar-refractivity contribution in [1.82, 2.24) is 35.1 Å². The zero-order valence-electron chi connectivity index (χ0n) is 30.3. The van der Waals surface area contributed by atoms with Crippen LogP contribution >= 0.6 is 11.3 Å². The predicted octanol–water partition coefficient (Wildman–Crippen LogP) is 12.2. The van der Waals surface area contributed by atoms with Gasteiger partial charge in [0.1, 0.15) is 12.2 Å². The number of thiophene rings is 1. The molecular formula is C38H69N7S. The molecule has 5 aromatic rings. The summed E-state index contributed by atoms with van der Waals surface area (Å²) in [6.07, 6.45) is 10.2. The van der Waals surface area contributed by atoms with Crippen molar-refractivity contribution in [2.75, 3.05) is 0 Å². The maximum atomic E-state index is 3.98. The third kappa shape index (κ3) is 49.8. The van der Waals surface area contributed by atoms with Crippen molar-refractivity contribution in [3.63, 3.8) is 0 Å². The van der Waals surface area contributed by atoms with E-state index < -0.39 is 0 Å². The molecule has 5 aromatic heterocycles. The predicted molar refractivity (Wildman–Crippen MR) is 209 cm³/mol.